The molecule has 0 aromatic heterocycles. The number of hydrogen-bond donors (Lipinski definition) is 2. The average molecular weight is 224 g/mol. The average Bonchev–Trinajstić information content (AvgIpc) is 2.01. The maximum absolute atomic E-state index is 11.3. The molecule has 0 saturated heterocycles. The van der Waals surface area contributed by atoms with Crippen LogP contribution < -0.4 is 0 Å². The second-order valence-corrected chi connectivity index (χ2v) is 5.21. The lowest BCUT2D eigenvalue weighted by Crippen LogP contribution is -2.26. The van der Waals surface area contributed by atoms with Crippen LogP contribution in [0.3, 0.4) is 0 Å². The van der Waals surface area contributed by atoms with E-state index in [0.29, 0.717) is 12.8 Å². The lowest BCUT2D eigenvalue weighted by Gasteiger charge is -2.28. The third-order valence-electron chi connectivity index (χ3n) is 2.19. The molecule has 0 saturated carbocycles. The summed E-state index contributed by atoms with van der Waals surface area (Å²) in [5, 5.41) is 8.38. The molecule has 0 aliphatic heterocycles. The zero-order valence-corrected chi connectivity index (χ0v) is 9.58. The van der Waals surface area contributed by atoms with Gasteiger partial charge in [0, 0.05) is 0 Å². The van der Waals surface area contributed by atoms with Gasteiger partial charge in [0.2, 0.25) is 0 Å². The van der Waals surface area contributed by atoms with Gasteiger partial charge in [-0.05, 0) is 19.8 Å². The van der Waals surface area contributed by atoms with Gasteiger partial charge in [0.15, 0.2) is 0 Å². The SMILES string of the molecule is CCC(C)(CC)OP(=O)(O)CC(=O)O. The van der Waals surface area contributed by atoms with Gasteiger partial charge in [-0.2, -0.15) is 0 Å². The van der Waals surface area contributed by atoms with Gasteiger partial charge < -0.3 is 14.5 Å². The number of carbonyl (C=O) groups is 1. The molecule has 0 spiro atoms. The number of carboxylic acids is 1. The fourth-order valence-corrected chi connectivity index (χ4v) is 2.28. The maximum atomic E-state index is 11.3. The van der Waals surface area contributed by atoms with Gasteiger partial charge in [0.1, 0.15) is 6.16 Å². The normalized spacial score (nSPS) is 16.3. The van der Waals surface area contributed by atoms with Crippen molar-refractivity contribution in [3.05, 3.63) is 0 Å². The molecule has 0 aliphatic rings. The molecule has 0 fully saturated rings. The Balaban J connectivity index is 4.48. The number of aliphatic carboxylic acids is 1. The summed E-state index contributed by atoms with van der Waals surface area (Å²) in [5.74, 6) is -1.33. The molecule has 84 valence electrons. The minimum atomic E-state index is -4.00. The monoisotopic (exact) mass is 224 g/mol. The summed E-state index contributed by atoms with van der Waals surface area (Å²) in [5.41, 5.74) is -0.722. The van der Waals surface area contributed by atoms with E-state index >= 15 is 0 Å². The van der Waals surface area contributed by atoms with Crippen LogP contribution in [0.4, 0.5) is 0 Å². The number of rotatable bonds is 6. The van der Waals surface area contributed by atoms with E-state index in [9.17, 15) is 14.3 Å². The van der Waals surface area contributed by atoms with Crippen LogP contribution in [-0.2, 0) is 13.9 Å². The molecule has 1 atom stereocenters. The Morgan fingerprint density at radius 2 is 1.86 bits per heavy atom. The summed E-state index contributed by atoms with van der Waals surface area (Å²) in [6, 6.07) is 0. The molecule has 2 N–H and O–H groups in total. The Morgan fingerprint density at radius 3 is 2.14 bits per heavy atom. The van der Waals surface area contributed by atoms with Crippen molar-refractivity contribution in [2.45, 2.75) is 39.2 Å². The highest BCUT2D eigenvalue weighted by Gasteiger charge is 2.33. The van der Waals surface area contributed by atoms with E-state index in [1.165, 1.54) is 0 Å². The molecule has 0 heterocycles. The second-order valence-electron chi connectivity index (χ2n) is 3.44. The van der Waals surface area contributed by atoms with Crippen LogP contribution in [0.25, 0.3) is 0 Å². The summed E-state index contributed by atoms with van der Waals surface area (Å²) < 4.78 is 16.3. The Hall–Kier alpha value is -0.380. The van der Waals surface area contributed by atoms with Gasteiger partial charge in [-0.1, -0.05) is 13.8 Å². The third-order valence-corrected chi connectivity index (χ3v) is 3.59. The van der Waals surface area contributed by atoms with E-state index in [1.54, 1.807) is 6.92 Å². The molecular weight excluding hydrogens is 207 g/mol. The van der Waals surface area contributed by atoms with Crippen molar-refractivity contribution < 1.29 is 23.9 Å². The molecular formula is C8H17O5P. The van der Waals surface area contributed by atoms with Crippen molar-refractivity contribution in [1.82, 2.24) is 0 Å². The van der Waals surface area contributed by atoms with Crippen molar-refractivity contribution in [2.24, 2.45) is 0 Å². The van der Waals surface area contributed by atoms with E-state index in [-0.39, 0.29) is 0 Å². The van der Waals surface area contributed by atoms with Gasteiger partial charge in [-0.15, -0.1) is 0 Å². The molecule has 5 nitrogen and oxygen atoms in total. The third kappa shape index (κ3) is 4.74. The van der Waals surface area contributed by atoms with E-state index in [4.69, 9.17) is 9.63 Å². The number of hydrogen-bond acceptors (Lipinski definition) is 3. The predicted octanol–water partition coefficient (Wildman–Crippen LogP) is 1.85. The molecule has 0 bridgehead atoms. The maximum Gasteiger partial charge on any atom is 0.339 e. The van der Waals surface area contributed by atoms with Crippen LogP contribution in [0.15, 0.2) is 0 Å². The molecule has 0 rings (SSSR count). The Bertz CT molecular complexity index is 246. The van der Waals surface area contributed by atoms with E-state index in [1.807, 2.05) is 13.8 Å². The highest BCUT2D eigenvalue weighted by atomic mass is 31.2. The van der Waals surface area contributed by atoms with Gasteiger partial charge in [-0.3, -0.25) is 9.36 Å². The molecule has 6 heteroatoms. The minimum absolute atomic E-state index is 0.563. The highest BCUT2D eigenvalue weighted by Crippen LogP contribution is 2.47. The first kappa shape index (κ1) is 13.6. The van der Waals surface area contributed by atoms with Gasteiger partial charge >= 0.3 is 13.6 Å². The molecule has 0 amide bonds. The van der Waals surface area contributed by atoms with E-state index in [2.05, 4.69) is 0 Å². The van der Waals surface area contributed by atoms with Crippen molar-refractivity contribution in [3.63, 3.8) is 0 Å². The van der Waals surface area contributed by atoms with Crippen molar-refractivity contribution in [1.29, 1.82) is 0 Å². The lowest BCUT2D eigenvalue weighted by molar-refractivity contribution is -0.134. The molecule has 1 unspecified atom stereocenters. The van der Waals surface area contributed by atoms with Crippen molar-refractivity contribution >= 4 is 13.6 Å². The number of carboxylic acid groups (broad SMARTS) is 1. The Kier molecular flexibility index (Phi) is 4.78. The van der Waals surface area contributed by atoms with Crippen LogP contribution in [-0.4, -0.2) is 27.7 Å². The lowest BCUT2D eigenvalue weighted by atomic mass is 10.0. The van der Waals surface area contributed by atoms with Crippen LogP contribution in [0.5, 0.6) is 0 Å². The highest BCUT2D eigenvalue weighted by molar-refractivity contribution is 7.53. The van der Waals surface area contributed by atoms with Gasteiger partial charge in [0.05, 0.1) is 5.60 Å². The molecule has 0 aliphatic carbocycles. The van der Waals surface area contributed by atoms with Crippen LogP contribution >= 0.6 is 7.60 Å². The predicted molar refractivity (Wildman–Crippen MR) is 52.4 cm³/mol. The summed E-state index contributed by atoms with van der Waals surface area (Å²) in [7, 11) is -4.00. The second kappa shape index (κ2) is 4.91. The van der Waals surface area contributed by atoms with Crippen molar-refractivity contribution in [3.8, 4) is 0 Å². The molecule has 0 aromatic rings. The fraction of sp³-hybridized carbons (Fsp3) is 0.875. The smallest absolute Gasteiger partial charge is 0.339 e. The summed E-state index contributed by atoms with van der Waals surface area (Å²) in [6.07, 6.45) is 0.282. The first-order valence-electron chi connectivity index (χ1n) is 4.49. The summed E-state index contributed by atoms with van der Waals surface area (Å²) >= 11 is 0. The molecule has 0 radical (unpaired) electrons. The fourth-order valence-electron chi connectivity index (χ4n) is 0.927. The quantitative estimate of drug-likeness (QED) is 0.672. The summed E-state index contributed by atoms with van der Waals surface area (Å²) in [4.78, 5) is 19.5. The van der Waals surface area contributed by atoms with Gasteiger partial charge in [0.25, 0.3) is 0 Å². The minimum Gasteiger partial charge on any atom is -0.481 e. The van der Waals surface area contributed by atoms with E-state index in [0.717, 1.165) is 0 Å². The Labute approximate surface area is 83.6 Å². The van der Waals surface area contributed by atoms with Gasteiger partial charge in [-0.25, -0.2) is 0 Å². The van der Waals surface area contributed by atoms with Crippen LogP contribution in [0.2, 0.25) is 0 Å². The first-order valence-corrected chi connectivity index (χ1v) is 6.25. The van der Waals surface area contributed by atoms with Crippen LogP contribution in [0, 0.1) is 0 Å². The van der Waals surface area contributed by atoms with E-state index < -0.39 is 25.3 Å². The zero-order valence-electron chi connectivity index (χ0n) is 8.69. The zero-order chi connectivity index (χ0) is 11.4. The first-order chi connectivity index (χ1) is 6.24. The Morgan fingerprint density at radius 1 is 1.43 bits per heavy atom. The summed E-state index contributed by atoms with van der Waals surface area (Å²) in [6.45, 7) is 5.34. The van der Waals surface area contributed by atoms with Crippen LogP contribution in [0.1, 0.15) is 33.6 Å². The largest absolute Gasteiger partial charge is 0.481 e. The van der Waals surface area contributed by atoms with Crippen molar-refractivity contribution in [2.75, 3.05) is 6.16 Å². The topological polar surface area (TPSA) is 83.8 Å². The molecule has 0 aromatic carbocycles. The molecule has 14 heavy (non-hydrogen) atoms. The standard InChI is InChI=1S/C8H17O5P/c1-4-8(3,5-2)13-14(11,12)6-7(9)10/h4-6H2,1-3H3,(H,9,10)(H,11,12).